The molecule has 1 aliphatic heterocycles. The van der Waals surface area contributed by atoms with Gasteiger partial charge in [-0.1, -0.05) is 24.2 Å². The number of hydrogen-bond acceptors (Lipinski definition) is 6. The van der Waals surface area contributed by atoms with Crippen molar-refractivity contribution in [1.82, 2.24) is 10.1 Å². The minimum atomic E-state index is -0.164. The molecule has 0 bridgehead atoms. The highest BCUT2D eigenvalue weighted by Crippen LogP contribution is 2.28. The summed E-state index contributed by atoms with van der Waals surface area (Å²) in [5.74, 6) is 1.33. The SMILES string of the molecule is CCc1nc(CNc2ccccc2N2CCC(O)CC2)no1. The summed E-state index contributed by atoms with van der Waals surface area (Å²) in [6.45, 7) is 4.28. The molecule has 1 saturated heterocycles. The molecule has 2 aromatic rings. The monoisotopic (exact) mass is 302 g/mol. The fourth-order valence-corrected chi connectivity index (χ4v) is 2.69. The molecule has 0 spiro atoms. The van der Waals surface area contributed by atoms with Crippen LogP contribution in [0.1, 0.15) is 31.5 Å². The zero-order valence-corrected chi connectivity index (χ0v) is 12.8. The molecule has 22 heavy (non-hydrogen) atoms. The molecule has 0 saturated carbocycles. The number of rotatable bonds is 5. The Morgan fingerprint density at radius 3 is 2.82 bits per heavy atom. The fourth-order valence-electron chi connectivity index (χ4n) is 2.69. The predicted molar refractivity (Wildman–Crippen MR) is 84.9 cm³/mol. The van der Waals surface area contributed by atoms with Crippen LogP contribution < -0.4 is 10.2 Å². The van der Waals surface area contributed by atoms with E-state index >= 15 is 0 Å². The molecule has 3 rings (SSSR count). The van der Waals surface area contributed by atoms with Gasteiger partial charge in [0.2, 0.25) is 5.89 Å². The Labute approximate surface area is 130 Å². The van der Waals surface area contributed by atoms with E-state index < -0.39 is 0 Å². The maximum absolute atomic E-state index is 9.65. The Kier molecular flexibility index (Phi) is 4.58. The minimum absolute atomic E-state index is 0.164. The molecule has 2 heterocycles. The van der Waals surface area contributed by atoms with Gasteiger partial charge in [-0.25, -0.2) is 0 Å². The Morgan fingerprint density at radius 1 is 1.32 bits per heavy atom. The van der Waals surface area contributed by atoms with E-state index in [0.29, 0.717) is 18.3 Å². The van der Waals surface area contributed by atoms with Crippen molar-refractivity contribution in [3.05, 3.63) is 36.0 Å². The van der Waals surface area contributed by atoms with Gasteiger partial charge in [0, 0.05) is 19.5 Å². The molecule has 2 N–H and O–H groups in total. The molecule has 0 unspecified atom stereocenters. The second kappa shape index (κ2) is 6.79. The third kappa shape index (κ3) is 3.39. The van der Waals surface area contributed by atoms with Crippen LogP contribution in [0.15, 0.2) is 28.8 Å². The van der Waals surface area contributed by atoms with Crippen LogP contribution in [0.4, 0.5) is 11.4 Å². The molecular formula is C16H22N4O2. The Bertz CT molecular complexity index is 606. The third-order valence-electron chi connectivity index (χ3n) is 3.96. The van der Waals surface area contributed by atoms with Crippen LogP contribution in [-0.2, 0) is 13.0 Å². The number of piperidine rings is 1. The van der Waals surface area contributed by atoms with Crippen LogP contribution in [0.5, 0.6) is 0 Å². The van der Waals surface area contributed by atoms with Crippen LogP contribution in [0.3, 0.4) is 0 Å². The lowest BCUT2D eigenvalue weighted by Gasteiger charge is -2.32. The summed E-state index contributed by atoms with van der Waals surface area (Å²) in [4.78, 5) is 6.62. The predicted octanol–water partition coefficient (Wildman–Crippen LogP) is 2.21. The molecule has 1 aromatic carbocycles. The lowest BCUT2D eigenvalue weighted by molar-refractivity contribution is 0.145. The number of anilines is 2. The van der Waals surface area contributed by atoms with Gasteiger partial charge in [0.05, 0.1) is 24.0 Å². The molecule has 0 atom stereocenters. The third-order valence-corrected chi connectivity index (χ3v) is 3.96. The van der Waals surface area contributed by atoms with Crippen molar-refractivity contribution in [1.29, 1.82) is 0 Å². The van der Waals surface area contributed by atoms with Gasteiger partial charge in [-0.2, -0.15) is 4.98 Å². The van der Waals surface area contributed by atoms with Gasteiger partial charge in [0.25, 0.3) is 0 Å². The summed E-state index contributed by atoms with van der Waals surface area (Å²) in [6.07, 6.45) is 2.22. The number of aliphatic hydroxyl groups is 1. The van der Waals surface area contributed by atoms with E-state index in [1.54, 1.807) is 0 Å². The van der Waals surface area contributed by atoms with E-state index in [0.717, 1.165) is 43.7 Å². The number of nitrogens with one attached hydrogen (secondary N) is 1. The summed E-state index contributed by atoms with van der Waals surface area (Å²) >= 11 is 0. The minimum Gasteiger partial charge on any atom is -0.393 e. The topological polar surface area (TPSA) is 74.4 Å². The maximum atomic E-state index is 9.65. The van der Waals surface area contributed by atoms with Crippen molar-refractivity contribution < 1.29 is 9.63 Å². The largest absolute Gasteiger partial charge is 0.393 e. The van der Waals surface area contributed by atoms with Gasteiger partial charge in [-0.3, -0.25) is 0 Å². The quantitative estimate of drug-likeness (QED) is 0.882. The number of aromatic nitrogens is 2. The molecule has 1 fully saturated rings. The van der Waals surface area contributed by atoms with Gasteiger partial charge in [-0.15, -0.1) is 0 Å². The Balaban J connectivity index is 1.68. The average molecular weight is 302 g/mol. The standard InChI is InChI=1S/C16H22N4O2/c1-2-16-18-15(19-22-16)11-17-13-5-3-4-6-14(13)20-9-7-12(21)8-10-20/h3-6,12,17,21H,2,7-11H2,1H3. The smallest absolute Gasteiger partial charge is 0.226 e. The van der Waals surface area contributed by atoms with E-state index in [1.807, 2.05) is 19.1 Å². The second-order valence-corrected chi connectivity index (χ2v) is 5.55. The highest BCUT2D eigenvalue weighted by molar-refractivity contribution is 5.70. The van der Waals surface area contributed by atoms with E-state index in [-0.39, 0.29) is 6.10 Å². The first-order valence-electron chi connectivity index (χ1n) is 7.83. The zero-order valence-electron chi connectivity index (χ0n) is 12.8. The second-order valence-electron chi connectivity index (χ2n) is 5.55. The van der Waals surface area contributed by atoms with Gasteiger partial charge in [0.1, 0.15) is 0 Å². The molecule has 0 radical (unpaired) electrons. The fraction of sp³-hybridized carbons (Fsp3) is 0.500. The number of aryl methyl sites for hydroxylation is 1. The Hall–Kier alpha value is -2.08. The lowest BCUT2D eigenvalue weighted by Crippen LogP contribution is -2.36. The van der Waals surface area contributed by atoms with Crippen LogP contribution in [0.2, 0.25) is 0 Å². The number of para-hydroxylation sites is 2. The molecule has 118 valence electrons. The molecule has 1 aromatic heterocycles. The normalized spacial score (nSPS) is 16.0. The molecule has 0 aliphatic carbocycles. The average Bonchev–Trinajstić information content (AvgIpc) is 3.02. The van der Waals surface area contributed by atoms with Crippen LogP contribution in [-0.4, -0.2) is 34.4 Å². The van der Waals surface area contributed by atoms with Crippen molar-refractivity contribution in [2.45, 2.75) is 38.8 Å². The molecule has 1 aliphatic rings. The van der Waals surface area contributed by atoms with E-state index in [1.165, 1.54) is 0 Å². The van der Waals surface area contributed by atoms with E-state index in [4.69, 9.17) is 4.52 Å². The highest BCUT2D eigenvalue weighted by atomic mass is 16.5. The van der Waals surface area contributed by atoms with Crippen molar-refractivity contribution in [3.8, 4) is 0 Å². The van der Waals surface area contributed by atoms with Crippen molar-refractivity contribution in [3.63, 3.8) is 0 Å². The van der Waals surface area contributed by atoms with E-state index in [9.17, 15) is 5.11 Å². The number of benzene rings is 1. The van der Waals surface area contributed by atoms with Gasteiger partial charge < -0.3 is 19.8 Å². The Morgan fingerprint density at radius 2 is 2.09 bits per heavy atom. The van der Waals surface area contributed by atoms with E-state index in [2.05, 4.69) is 32.5 Å². The summed E-state index contributed by atoms with van der Waals surface area (Å²) < 4.78 is 5.12. The number of nitrogens with zero attached hydrogens (tertiary/aromatic N) is 3. The van der Waals surface area contributed by atoms with Crippen molar-refractivity contribution >= 4 is 11.4 Å². The summed E-state index contributed by atoms with van der Waals surface area (Å²) in [6, 6.07) is 8.21. The first kappa shape index (κ1) is 14.8. The summed E-state index contributed by atoms with van der Waals surface area (Å²) in [5, 5.41) is 17.0. The van der Waals surface area contributed by atoms with Gasteiger partial charge in [0.15, 0.2) is 5.82 Å². The summed E-state index contributed by atoms with van der Waals surface area (Å²) in [5.41, 5.74) is 2.22. The molecule has 0 amide bonds. The highest BCUT2D eigenvalue weighted by Gasteiger charge is 2.19. The zero-order chi connectivity index (χ0) is 15.4. The first-order valence-corrected chi connectivity index (χ1v) is 7.83. The van der Waals surface area contributed by atoms with Gasteiger partial charge in [-0.05, 0) is 25.0 Å². The molecular weight excluding hydrogens is 280 g/mol. The van der Waals surface area contributed by atoms with Gasteiger partial charge >= 0.3 is 0 Å². The summed E-state index contributed by atoms with van der Waals surface area (Å²) in [7, 11) is 0. The number of hydrogen-bond donors (Lipinski definition) is 2. The van der Waals surface area contributed by atoms with Crippen molar-refractivity contribution in [2.75, 3.05) is 23.3 Å². The molecule has 6 nitrogen and oxygen atoms in total. The maximum Gasteiger partial charge on any atom is 0.226 e. The number of aliphatic hydroxyl groups excluding tert-OH is 1. The molecule has 6 heteroatoms. The van der Waals surface area contributed by atoms with Crippen LogP contribution in [0.25, 0.3) is 0 Å². The first-order chi connectivity index (χ1) is 10.8. The lowest BCUT2D eigenvalue weighted by atomic mass is 10.1. The van der Waals surface area contributed by atoms with Crippen LogP contribution >= 0.6 is 0 Å². The van der Waals surface area contributed by atoms with Crippen LogP contribution in [0, 0.1) is 0 Å². The van der Waals surface area contributed by atoms with Crippen molar-refractivity contribution in [2.24, 2.45) is 0 Å².